The molecule has 0 radical (unpaired) electrons. The predicted octanol–water partition coefficient (Wildman–Crippen LogP) is 2.54. The van der Waals surface area contributed by atoms with Crippen LogP contribution in [0.1, 0.15) is 15.9 Å². The van der Waals surface area contributed by atoms with Crippen molar-refractivity contribution in [3.8, 4) is 11.5 Å². The first-order valence-corrected chi connectivity index (χ1v) is 6.06. The SMILES string of the molecule is COc1cccc(C(=O)Nc2cc(C)ccc2N)c1O. The largest absolute Gasteiger partial charge is 0.504 e. The number of methoxy groups -OCH3 is 1. The minimum absolute atomic E-state index is 0.130. The van der Waals surface area contributed by atoms with Crippen LogP contribution in [-0.4, -0.2) is 18.1 Å². The van der Waals surface area contributed by atoms with E-state index in [1.165, 1.54) is 13.2 Å². The first-order chi connectivity index (χ1) is 9.52. The second kappa shape index (κ2) is 5.52. The second-order valence-electron chi connectivity index (χ2n) is 4.40. The fraction of sp³-hybridized carbons (Fsp3) is 0.133. The summed E-state index contributed by atoms with van der Waals surface area (Å²) in [6.07, 6.45) is 0. The van der Waals surface area contributed by atoms with Gasteiger partial charge in [0.15, 0.2) is 11.5 Å². The Balaban J connectivity index is 2.31. The van der Waals surface area contributed by atoms with Crippen LogP contribution in [0.5, 0.6) is 11.5 Å². The van der Waals surface area contributed by atoms with E-state index in [-0.39, 0.29) is 17.1 Å². The lowest BCUT2D eigenvalue weighted by Gasteiger charge is -2.11. The summed E-state index contributed by atoms with van der Waals surface area (Å²) in [5, 5.41) is 12.6. The number of carbonyl (C=O) groups is 1. The Morgan fingerprint density at radius 3 is 2.75 bits per heavy atom. The van der Waals surface area contributed by atoms with Crippen LogP contribution in [0.4, 0.5) is 11.4 Å². The number of hydrogen-bond donors (Lipinski definition) is 3. The van der Waals surface area contributed by atoms with Crippen LogP contribution in [0, 0.1) is 6.92 Å². The lowest BCUT2D eigenvalue weighted by atomic mass is 10.1. The van der Waals surface area contributed by atoms with Crippen molar-refractivity contribution in [2.75, 3.05) is 18.2 Å². The van der Waals surface area contributed by atoms with Gasteiger partial charge < -0.3 is 20.9 Å². The Kier molecular flexibility index (Phi) is 3.79. The predicted molar refractivity (Wildman–Crippen MR) is 78.2 cm³/mol. The van der Waals surface area contributed by atoms with Gasteiger partial charge in [-0.25, -0.2) is 0 Å². The standard InChI is InChI=1S/C15H16N2O3/c1-9-6-7-11(16)12(8-9)17-15(19)10-4-3-5-13(20-2)14(10)18/h3-8,18H,16H2,1-2H3,(H,17,19). The monoisotopic (exact) mass is 272 g/mol. The van der Waals surface area contributed by atoms with Gasteiger partial charge in [-0.05, 0) is 36.8 Å². The third kappa shape index (κ3) is 2.66. The number of aromatic hydroxyl groups is 1. The zero-order valence-electron chi connectivity index (χ0n) is 11.3. The summed E-state index contributed by atoms with van der Waals surface area (Å²) in [5.41, 5.74) is 7.89. The van der Waals surface area contributed by atoms with E-state index in [0.29, 0.717) is 11.4 Å². The molecule has 4 N–H and O–H groups in total. The number of anilines is 2. The van der Waals surface area contributed by atoms with Gasteiger partial charge in [0.1, 0.15) is 0 Å². The molecular weight excluding hydrogens is 256 g/mol. The molecule has 0 saturated heterocycles. The molecule has 0 fully saturated rings. The van der Waals surface area contributed by atoms with E-state index < -0.39 is 5.91 Å². The van der Waals surface area contributed by atoms with E-state index in [1.807, 2.05) is 13.0 Å². The highest BCUT2D eigenvalue weighted by molar-refractivity contribution is 6.07. The van der Waals surface area contributed by atoms with Crippen LogP contribution in [0.25, 0.3) is 0 Å². The van der Waals surface area contributed by atoms with Gasteiger partial charge in [-0.15, -0.1) is 0 Å². The van der Waals surface area contributed by atoms with E-state index in [4.69, 9.17) is 10.5 Å². The molecule has 20 heavy (non-hydrogen) atoms. The number of nitrogens with one attached hydrogen (secondary N) is 1. The van der Waals surface area contributed by atoms with Crippen molar-refractivity contribution in [3.05, 3.63) is 47.5 Å². The first kappa shape index (κ1) is 13.7. The number of para-hydroxylation sites is 1. The number of phenols is 1. The maximum Gasteiger partial charge on any atom is 0.259 e. The van der Waals surface area contributed by atoms with Crippen LogP contribution in [-0.2, 0) is 0 Å². The number of carbonyl (C=O) groups excluding carboxylic acids is 1. The number of aryl methyl sites for hydroxylation is 1. The quantitative estimate of drug-likeness (QED) is 0.750. The van der Waals surface area contributed by atoms with Crippen molar-refractivity contribution < 1.29 is 14.6 Å². The highest BCUT2D eigenvalue weighted by Gasteiger charge is 2.15. The molecule has 2 rings (SSSR count). The van der Waals surface area contributed by atoms with Gasteiger partial charge in [0, 0.05) is 0 Å². The zero-order valence-corrected chi connectivity index (χ0v) is 11.3. The number of benzene rings is 2. The molecule has 5 heteroatoms. The summed E-state index contributed by atoms with van der Waals surface area (Å²) in [6, 6.07) is 10.1. The van der Waals surface area contributed by atoms with E-state index in [1.54, 1.807) is 24.3 Å². The average Bonchev–Trinajstić information content (AvgIpc) is 2.43. The molecule has 0 bridgehead atoms. The number of ether oxygens (including phenoxy) is 1. The second-order valence-corrected chi connectivity index (χ2v) is 4.40. The normalized spacial score (nSPS) is 10.1. The molecule has 5 nitrogen and oxygen atoms in total. The number of hydrogen-bond acceptors (Lipinski definition) is 4. The van der Waals surface area contributed by atoms with Crippen LogP contribution in [0.2, 0.25) is 0 Å². The molecule has 0 spiro atoms. The van der Waals surface area contributed by atoms with Gasteiger partial charge in [0.2, 0.25) is 0 Å². The van der Waals surface area contributed by atoms with Crippen LogP contribution in [0.3, 0.4) is 0 Å². The van der Waals surface area contributed by atoms with E-state index in [2.05, 4.69) is 5.32 Å². The van der Waals surface area contributed by atoms with Crippen molar-refractivity contribution in [1.29, 1.82) is 0 Å². The Bertz CT molecular complexity index is 654. The number of phenolic OH excluding ortho intramolecular Hbond substituents is 1. The maximum atomic E-state index is 12.2. The summed E-state index contributed by atoms with van der Waals surface area (Å²) in [6.45, 7) is 1.90. The minimum atomic E-state index is -0.446. The average molecular weight is 272 g/mol. The van der Waals surface area contributed by atoms with Gasteiger partial charge in [0.05, 0.1) is 24.0 Å². The summed E-state index contributed by atoms with van der Waals surface area (Å²) in [4.78, 5) is 12.2. The van der Waals surface area contributed by atoms with Crippen LogP contribution in [0.15, 0.2) is 36.4 Å². The number of nitrogens with two attached hydrogens (primary N) is 1. The Morgan fingerprint density at radius 2 is 2.05 bits per heavy atom. The Labute approximate surface area is 117 Å². The smallest absolute Gasteiger partial charge is 0.259 e. The van der Waals surface area contributed by atoms with Gasteiger partial charge in [-0.2, -0.15) is 0 Å². The molecule has 2 aromatic carbocycles. The third-order valence-electron chi connectivity index (χ3n) is 2.92. The van der Waals surface area contributed by atoms with E-state index in [0.717, 1.165) is 5.56 Å². The molecule has 2 aromatic rings. The van der Waals surface area contributed by atoms with Crippen LogP contribution >= 0.6 is 0 Å². The molecular formula is C15H16N2O3. The molecule has 0 aliphatic carbocycles. The number of amides is 1. The van der Waals surface area contributed by atoms with Gasteiger partial charge in [-0.1, -0.05) is 12.1 Å². The first-order valence-electron chi connectivity index (χ1n) is 6.06. The lowest BCUT2D eigenvalue weighted by molar-refractivity contribution is 0.102. The summed E-state index contributed by atoms with van der Waals surface area (Å²) in [7, 11) is 1.43. The van der Waals surface area contributed by atoms with E-state index >= 15 is 0 Å². The van der Waals surface area contributed by atoms with Crippen molar-refractivity contribution in [3.63, 3.8) is 0 Å². The summed E-state index contributed by atoms with van der Waals surface area (Å²) >= 11 is 0. The molecule has 0 aromatic heterocycles. The van der Waals surface area contributed by atoms with Crippen molar-refractivity contribution in [1.82, 2.24) is 0 Å². The highest BCUT2D eigenvalue weighted by atomic mass is 16.5. The third-order valence-corrected chi connectivity index (χ3v) is 2.92. The molecule has 104 valence electrons. The topological polar surface area (TPSA) is 84.6 Å². The van der Waals surface area contributed by atoms with Gasteiger partial charge in [-0.3, -0.25) is 4.79 Å². The maximum absolute atomic E-state index is 12.2. The van der Waals surface area contributed by atoms with Crippen molar-refractivity contribution in [2.45, 2.75) is 6.92 Å². The zero-order chi connectivity index (χ0) is 14.7. The lowest BCUT2D eigenvalue weighted by Crippen LogP contribution is -2.13. The molecule has 0 atom stereocenters. The highest BCUT2D eigenvalue weighted by Crippen LogP contribution is 2.30. The minimum Gasteiger partial charge on any atom is -0.504 e. The molecule has 0 saturated carbocycles. The van der Waals surface area contributed by atoms with E-state index in [9.17, 15) is 9.90 Å². The summed E-state index contributed by atoms with van der Waals surface area (Å²) < 4.78 is 4.97. The van der Waals surface area contributed by atoms with Gasteiger partial charge in [0.25, 0.3) is 5.91 Å². The van der Waals surface area contributed by atoms with Crippen LogP contribution < -0.4 is 15.8 Å². The number of nitrogen functional groups attached to an aromatic ring is 1. The Morgan fingerprint density at radius 1 is 1.30 bits per heavy atom. The fourth-order valence-corrected chi connectivity index (χ4v) is 1.84. The van der Waals surface area contributed by atoms with Gasteiger partial charge >= 0.3 is 0 Å². The van der Waals surface area contributed by atoms with Crippen molar-refractivity contribution in [2.24, 2.45) is 0 Å². The summed E-state index contributed by atoms with van der Waals surface area (Å²) in [5.74, 6) is -0.396. The fourth-order valence-electron chi connectivity index (χ4n) is 1.84. The number of rotatable bonds is 3. The molecule has 0 aliphatic rings. The Hall–Kier alpha value is -2.69. The molecule has 0 aliphatic heterocycles. The molecule has 0 heterocycles. The van der Waals surface area contributed by atoms with Crippen molar-refractivity contribution >= 4 is 17.3 Å². The molecule has 0 unspecified atom stereocenters. The molecule has 1 amide bonds.